The zero-order valence-electron chi connectivity index (χ0n) is 14.9. The standard InChI is InChI=1S/C22H17ClN2O3/c23-16-9-10-19-17(12-16)22(28,13-20(26)18-8-4-5-11-24-18)21(27)25(19)14-15-6-2-1-3-7-15/h1-12,28H,13-14H2/t22-/m0/s1. The van der Waals surface area contributed by atoms with Gasteiger partial charge in [0.15, 0.2) is 11.4 Å². The van der Waals surface area contributed by atoms with Crippen LogP contribution in [0.25, 0.3) is 0 Å². The molecule has 4 rings (SSSR count). The van der Waals surface area contributed by atoms with Crippen LogP contribution in [-0.4, -0.2) is 21.8 Å². The van der Waals surface area contributed by atoms with Crippen LogP contribution in [0.1, 0.15) is 28.0 Å². The maximum atomic E-state index is 13.2. The van der Waals surface area contributed by atoms with E-state index < -0.39 is 23.7 Å². The van der Waals surface area contributed by atoms with Crippen LogP contribution in [-0.2, 0) is 16.9 Å². The van der Waals surface area contributed by atoms with Gasteiger partial charge in [-0.2, -0.15) is 0 Å². The van der Waals surface area contributed by atoms with Gasteiger partial charge < -0.3 is 10.0 Å². The number of carbonyl (C=O) groups is 2. The van der Waals surface area contributed by atoms with Crippen molar-refractivity contribution in [2.24, 2.45) is 0 Å². The van der Waals surface area contributed by atoms with Gasteiger partial charge in [-0.3, -0.25) is 14.6 Å². The van der Waals surface area contributed by atoms with Crippen molar-refractivity contribution in [2.75, 3.05) is 4.90 Å². The SMILES string of the molecule is O=C(C[C@@]1(O)C(=O)N(Cc2ccccc2)c2ccc(Cl)cc21)c1ccccn1. The highest BCUT2D eigenvalue weighted by Crippen LogP contribution is 2.44. The van der Waals surface area contributed by atoms with Gasteiger partial charge in [-0.15, -0.1) is 0 Å². The number of fused-ring (bicyclic) bond motifs is 1. The van der Waals surface area contributed by atoms with Gasteiger partial charge in [-0.1, -0.05) is 48.0 Å². The number of pyridine rings is 1. The third-order valence-corrected chi connectivity index (χ3v) is 5.08. The number of aromatic nitrogens is 1. The number of carbonyl (C=O) groups excluding carboxylic acids is 2. The average Bonchev–Trinajstić information content (AvgIpc) is 2.91. The van der Waals surface area contributed by atoms with Gasteiger partial charge in [0.1, 0.15) is 5.69 Å². The van der Waals surface area contributed by atoms with Crippen molar-refractivity contribution in [3.8, 4) is 0 Å². The van der Waals surface area contributed by atoms with E-state index in [9.17, 15) is 14.7 Å². The number of halogens is 1. The second kappa shape index (κ2) is 7.19. The minimum absolute atomic E-state index is 0.203. The molecular weight excluding hydrogens is 376 g/mol. The van der Waals surface area contributed by atoms with Crippen LogP contribution >= 0.6 is 11.6 Å². The zero-order valence-corrected chi connectivity index (χ0v) is 15.6. The summed E-state index contributed by atoms with van der Waals surface area (Å²) in [6.45, 7) is 0.286. The Kier molecular flexibility index (Phi) is 4.71. The highest BCUT2D eigenvalue weighted by Gasteiger charge is 2.51. The van der Waals surface area contributed by atoms with Gasteiger partial charge in [-0.05, 0) is 35.9 Å². The smallest absolute Gasteiger partial charge is 0.264 e. The maximum Gasteiger partial charge on any atom is 0.264 e. The fraction of sp³-hybridized carbons (Fsp3) is 0.136. The van der Waals surface area contributed by atoms with E-state index in [1.165, 1.54) is 11.1 Å². The average molecular weight is 393 g/mol. The molecule has 1 atom stereocenters. The molecule has 2 aromatic carbocycles. The lowest BCUT2D eigenvalue weighted by Crippen LogP contribution is -2.41. The number of aliphatic hydroxyl groups is 1. The van der Waals surface area contributed by atoms with Crippen LogP contribution in [0, 0.1) is 0 Å². The van der Waals surface area contributed by atoms with Crippen LogP contribution in [0.2, 0.25) is 5.02 Å². The summed E-state index contributed by atoms with van der Waals surface area (Å²) in [6, 6.07) is 19.3. The topological polar surface area (TPSA) is 70.5 Å². The third-order valence-electron chi connectivity index (χ3n) is 4.84. The van der Waals surface area contributed by atoms with E-state index in [2.05, 4.69) is 4.98 Å². The van der Waals surface area contributed by atoms with Crippen molar-refractivity contribution in [3.05, 3.63) is 94.8 Å². The minimum atomic E-state index is -1.98. The van der Waals surface area contributed by atoms with E-state index in [1.807, 2.05) is 30.3 Å². The van der Waals surface area contributed by atoms with Gasteiger partial charge in [-0.25, -0.2) is 0 Å². The summed E-state index contributed by atoms with van der Waals surface area (Å²) < 4.78 is 0. The number of anilines is 1. The first-order chi connectivity index (χ1) is 13.5. The van der Waals surface area contributed by atoms with Crippen molar-refractivity contribution in [1.82, 2.24) is 4.98 Å². The monoisotopic (exact) mass is 392 g/mol. The minimum Gasteiger partial charge on any atom is -0.375 e. The molecule has 0 saturated heterocycles. The molecule has 0 radical (unpaired) electrons. The summed E-state index contributed by atoms with van der Waals surface area (Å²) in [5.74, 6) is -0.957. The molecule has 0 spiro atoms. The molecule has 0 saturated carbocycles. The Bertz CT molecular complexity index is 1040. The molecule has 28 heavy (non-hydrogen) atoms. The Labute approximate surface area is 167 Å². The normalized spacial score (nSPS) is 18.2. The number of nitrogens with zero attached hydrogens (tertiary/aromatic N) is 2. The van der Waals surface area contributed by atoms with Crippen LogP contribution in [0.15, 0.2) is 72.9 Å². The second-order valence-corrected chi connectivity index (χ2v) is 7.15. The fourth-order valence-corrected chi connectivity index (χ4v) is 3.64. The van der Waals surface area contributed by atoms with E-state index >= 15 is 0 Å². The number of Topliss-reactive ketones (excluding diaryl/α,β-unsaturated/α-hetero) is 1. The summed E-state index contributed by atoms with van der Waals surface area (Å²) in [4.78, 5) is 31.4. The summed E-state index contributed by atoms with van der Waals surface area (Å²) >= 11 is 6.12. The fourth-order valence-electron chi connectivity index (χ4n) is 3.47. The summed E-state index contributed by atoms with van der Waals surface area (Å²) in [6.07, 6.45) is 1.10. The van der Waals surface area contributed by atoms with Crippen molar-refractivity contribution in [1.29, 1.82) is 0 Å². The molecule has 0 aliphatic carbocycles. The molecule has 1 aliphatic rings. The lowest BCUT2D eigenvalue weighted by Gasteiger charge is -2.22. The van der Waals surface area contributed by atoms with Crippen molar-refractivity contribution < 1.29 is 14.7 Å². The Hall–Kier alpha value is -3.02. The molecule has 6 heteroatoms. The Balaban J connectivity index is 1.72. The predicted octanol–water partition coefficient (Wildman–Crippen LogP) is 3.74. The summed E-state index contributed by atoms with van der Waals surface area (Å²) in [5, 5.41) is 11.7. The second-order valence-electron chi connectivity index (χ2n) is 6.71. The molecule has 1 aliphatic heterocycles. The molecule has 0 bridgehead atoms. The van der Waals surface area contributed by atoms with Gasteiger partial charge in [0.2, 0.25) is 0 Å². The zero-order chi connectivity index (χ0) is 19.7. The van der Waals surface area contributed by atoms with Crippen LogP contribution in [0.5, 0.6) is 0 Å². The lowest BCUT2D eigenvalue weighted by atomic mass is 9.89. The number of amides is 1. The van der Waals surface area contributed by atoms with Gasteiger partial charge in [0.25, 0.3) is 5.91 Å². The quantitative estimate of drug-likeness (QED) is 0.671. The predicted molar refractivity (Wildman–Crippen MR) is 106 cm³/mol. The van der Waals surface area contributed by atoms with E-state index in [1.54, 1.807) is 36.4 Å². The van der Waals surface area contributed by atoms with Crippen molar-refractivity contribution in [3.63, 3.8) is 0 Å². The molecule has 2 heterocycles. The maximum absolute atomic E-state index is 13.2. The Morgan fingerprint density at radius 3 is 2.54 bits per heavy atom. The number of hydrogen-bond donors (Lipinski definition) is 1. The molecule has 0 fully saturated rings. The number of hydrogen-bond acceptors (Lipinski definition) is 4. The number of ketones is 1. The number of benzene rings is 2. The van der Waals surface area contributed by atoms with Crippen molar-refractivity contribution >= 4 is 29.0 Å². The molecule has 0 unspecified atom stereocenters. The van der Waals surface area contributed by atoms with Crippen LogP contribution in [0.4, 0.5) is 5.69 Å². The van der Waals surface area contributed by atoms with Gasteiger partial charge in [0, 0.05) is 16.8 Å². The Morgan fingerprint density at radius 1 is 1.07 bits per heavy atom. The highest BCUT2D eigenvalue weighted by molar-refractivity contribution is 6.31. The van der Waals surface area contributed by atoms with E-state index in [4.69, 9.17) is 11.6 Å². The summed E-state index contributed by atoms with van der Waals surface area (Å²) in [7, 11) is 0. The van der Waals surface area contributed by atoms with Gasteiger partial charge >= 0.3 is 0 Å². The van der Waals surface area contributed by atoms with E-state index in [0.717, 1.165) is 5.56 Å². The summed E-state index contributed by atoms with van der Waals surface area (Å²) in [5.41, 5.74) is 0.0227. The van der Waals surface area contributed by atoms with Crippen LogP contribution in [0.3, 0.4) is 0 Å². The molecule has 1 amide bonds. The third kappa shape index (κ3) is 3.19. The molecular formula is C22H17ClN2O3. The van der Waals surface area contributed by atoms with Crippen LogP contribution < -0.4 is 4.90 Å². The number of rotatable bonds is 5. The van der Waals surface area contributed by atoms with Gasteiger partial charge in [0.05, 0.1) is 18.7 Å². The highest BCUT2D eigenvalue weighted by atomic mass is 35.5. The first-order valence-corrected chi connectivity index (χ1v) is 9.19. The van der Waals surface area contributed by atoms with E-state index in [0.29, 0.717) is 16.3 Å². The lowest BCUT2D eigenvalue weighted by molar-refractivity contribution is -0.136. The molecule has 140 valence electrons. The largest absolute Gasteiger partial charge is 0.375 e. The van der Waals surface area contributed by atoms with Crippen molar-refractivity contribution in [2.45, 2.75) is 18.6 Å². The Morgan fingerprint density at radius 2 is 1.82 bits per heavy atom. The molecule has 5 nitrogen and oxygen atoms in total. The molecule has 1 aromatic heterocycles. The molecule has 1 N–H and O–H groups in total. The molecule has 3 aromatic rings. The first-order valence-electron chi connectivity index (χ1n) is 8.81. The first kappa shape index (κ1) is 18.3. The van der Waals surface area contributed by atoms with E-state index in [-0.39, 0.29) is 12.2 Å².